The van der Waals surface area contributed by atoms with Gasteiger partial charge < -0.3 is 18.1 Å². The molecule has 1 aromatic heterocycles. The zero-order chi connectivity index (χ0) is 17.4. The molecule has 0 atom stereocenters. The number of aromatic nitrogens is 1. The fraction of sp³-hybridized carbons (Fsp3) is 0. The van der Waals surface area contributed by atoms with E-state index in [-0.39, 0.29) is 18.2 Å². The summed E-state index contributed by atoms with van der Waals surface area (Å²) in [5, 5.41) is 1.40. The lowest BCUT2D eigenvalue weighted by molar-refractivity contribution is -0.00000540. The van der Waals surface area contributed by atoms with Gasteiger partial charge in [0.2, 0.25) is 0 Å². The number of rotatable bonds is 2. The topological polar surface area (TPSA) is 38.9 Å². The maximum atomic E-state index is 14.4. The van der Waals surface area contributed by atoms with Crippen molar-refractivity contribution in [1.29, 1.82) is 0 Å². The van der Waals surface area contributed by atoms with Gasteiger partial charge in [-0.1, -0.05) is 41.9 Å². The first kappa shape index (κ1) is 18.2. The van der Waals surface area contributed by atoms with Crippen molar-refractivity contribution in [3.63, 3.8) is 0 Å². The maximum absolute atomic E-state index is 14.4. The number of hydrogen-bond acceptors (Lipinski definition) is 2. The number of pyridine rings is 1. The third kappa shape index (κ3) is 3.36. The molecule has 0 amide bonds. The smallest absolute Gasteiger partial charge is 0.131 e. The molecule has 0 aliphatic heterocycles. The monoisotopic (exact) mass is 383 g/mol. The van der Waals surface area contributed by atoms with E-state index in [0.717, 1.165) is 27.7 Å². The van der Waals surface area contributed by atoms with Crippen LogP contribution in [0.15, 0.2) is 72.8 Å². The molecule has 0 bridgehead atoms. The van der Waals surface area contributed by atoms with Crippen molar-refractivity contribution in [2.24, 2.45) is 0 Å². The van der Waals surface area contributed by atoms with Crippen LogP contribution in [-0.4, -0.2) is 4.98 Å². The molecule has 0 radical (unpaired) electrons. The molecule has 0 aliphatic carbocycles. The Bertz CT molecular complexity index is 1100. The molecule has 130 valence electrons. The normalized spacial score (nSPS) is 10.5. The van der Waals surface area contributed by atoms with Gasteiger partial charge >= 0.3 is 0 Å². The number of fused-ring (bicyclic) bond motifs is 1. The minimum atomic E-state index is -0.284. The molecule has 4 rings (SSSR count). The molecule has 0 fully saturated rings. The second kappa shape index (κ2) is 7.32. The van der Waals surface area contributed by atoms with Gasteiger partial charge in [0.15, 0.2) is 0 Å². The first-order chi connectivity index (χ1) is 12.1. The third-order valence-electron chi connectivity index (χ3n) is 4.12. The average Bonchev–Trinajstić information content (AvgIpc) is 2.61. The number of halogens is 3. The summed E-state index contributed by atoms with van der Waals surface area (Å²) in [6.07, 6.45) is 0. The van der Waals surface area contributed by atoms with Crippen molar-refractivity contribution >= 4 is 28.2 Å². The van der Waals surface area contributed by atoms with Crippen LogP contribution in [-0.2, 0) is 0 Å². The van der Waals surface area contributed by atoms with E-state index in [2.05, 4.69) is 0 Å². The number of anilines is 1. The molecular formula is C21H14Cl2FN2-. The molecule has 5 heteroatoms. The minimum Gasteiger partial charge on any atom is -1.00 e. The summed E-state index contributed by atoms with van der Waals surface area (Å²) < 4.78 is 14.4. The molecule has 0 unspecified atom stereocenters. The molecule has 1 heterocycles. The summed E-state index contributed by atoms with van der Waals surface area (Å²) in [4.78, 5) is 4.71. The van der Waals surface area contributed by atoms with Crippen LogP contribution in [0.2, 0.25) is 5.02 Å². The highest BCUT2D eigenvalue weighted by Crippen LogP contribution is 2.34. The molecule has 0 saturated carbocycles. The van der Waals surface area contributed by atoms with E-state index in [9.17, 15) is 4.39 Å². The second-order valence-electron chi connectivity index (χ2n) is 5.82. The van der Waals surface area contributed by atoms with E-state index in [4.69, 9.17) is 22.3 Å². The Morgan fingerprint density at radius 3 is 2.42 bits per heavy atom. The predicted molar refractivity (Wildman–Crippen MR) is 102 cm³/mol. The van der Waals surface area contributed by atoms with Crippen molar-refractivity contribution in [2.75, 3.05) is 5.73 Å². The van der Waals surface area contributed by atoms with Crippen LogP contribution < -0.4 is 18.1 Å². The van der Waals surface area contributed by atoms with Crippen molar-refractivity contribution in [1.82, 2.24) is 4.98 Å². The maximum Gasteiger partial charge on any atom is 0.131 e. The number of nitrogens with zero attached hydrogens (tertiary/aromatic N) is 1. The lowest BCUT2D eigenvalue weighted by Crippen LogP contribution is -3.00. The van der Waals surface area contributed by atoms with Gasteiger partial charge in [-0.25, -0.2) is 9.37 Å². The molecule has 0 aliphatic rings. The molecule has 0 spiro atoms. The van der Waals surface area contributed by atoms with E-state index in [1.807, 2.05) is 48.5 Å². The zero-order valence-corrected chi connectivity index (χ0v) is 15.1. The van der Waals surface area contributed by atoms with E-state index >= 15 is 0 Å². The predicted octanol–water partition coefficient (Wildman–Crippen LogP) is 2.95. The zero-order valence-electron chi connectivity index (χ0n) is 13.6. The molecule has 26 heavy (non-hydrogen) atoms. The molecule has 3 aromatic carbocycles. The van der Waals surface area contributed by atoms with Crippen LogP contribution >= 0.6 is 11.6 Å². The Hall–Kier alpha value is -2.62. The van der Waals surface area contributed by atoms with Crippen LogP contribution in [0.4, 0.5) is 10.1 Å². The average molecular weight is 384 g/mol. The van der Waals surface area contributed by atoms with Crippen molar-refractivity contribution < 1.29 is 16.8 Å². The Morgan fingerprint density at radius 2 is 1.65 bits per heavy atom. The highest BCUT2D eigenvalue weighted by molar-refractivity contribution is 6.31. The van der Waals surface area contributed by atoms with E-state index < -0.39 is 0 Å². The van der Waals surface area contributed by atoms with Gasteiger partial charge in [0.1, 0.15) is 5.82 Å². The summed E-state index contributed by atoms with van der Waals surface area (Å²) >= 11 is 6.16. The first-order valence-electron chi connectivity index (χ1n) is 7.83. The minimum absolute atomic E-state index is 0. The highest BCUT2D eigenvalue weighted by Gasteiger charge is 2.13. The largest absolute Gasteiger partial charge is 1.00 e. The first-order valence-corrected chi connectivity index (χ1v) is 8.21. The quantitative estimate of drug-likeness (QED) is 0.540. The summed E-state index contributed by atoms with van der Waals surface area (Å²) in [7, 11) is 0. The molecular weight excluding hydrogens is 370 g/mol. The van der Waals surface area contributed by atoms with Gasteiger partial charge in [0, 0.05) is 27.2 Å². The van der Waals surface area contributed by atoms with Crippen molar-refractivity contribution in [2.45, 2.75) is 0 Å². The van der Waals surface area contributed by atoms with Gasteiger partial charge in [-0.3, -0.25) is 0 Å². The summed E-state index contributed by atoms with van der Waals surface area (Å²) in [6, 6.07) is 21.5. The number of nitrogens with two attached hydrogens (primary N) is 1. The Morgan fingerprint density at radius 1 is 0.846 bits per heavy atom. The third-order valence-corrected chi connectivity index (χ3v) is 4.35. The molecule has 4 aromatic rings. The lowest BCUT2D eigenvalue weighted by Gasteiger charge is -2.12. The summed E-state index contributed by atoms with van der Waals surface area (Å²) in [5.41, 5.74) is 10.2. The lowest BCUT2D eigenvalue weighted by atomic mass is 9.98. The van der Waals surface area contributed by atoms with Crippen LogP contribution in [0.1, 0.15) is 0 Å². The van der Waals surface area contributed by atoms with Gasteiger partial charge in [-0.05, 0) is 48.0 Å². The Balaban J connectivity index is 0.00000196. The van der Waals surface area contributed by atoms with Gasteiger partial charge in [0.25, 0.3) is 0 Å². The highest BCUT2D eigenvalue weighted by atomic mass is 35.5. The van der Waals surface area contributed by atoms with Gasteiger partial charge in [-0.15, -0.1) is 0 Å². The molecule has 2 N–H and O–H groups in total. The SMILES string of the molecule is Nc1cccc(-c2cc(-c3ccccc3F)c3cc(Cl)ccc3n2)c1.[Cl-]. The van der Waals surface area contributed by atoms with Crippen LogP contribution in [0.25, 0.3) is 33.3 Å². The number of nitrogen functional groups attached to an aromatic ring is 1. The molecule has 0 saturated heterocycles. The van der Waals surface area contributed by atoms with E-state index in [0.29, 0.717) is 16.3 Å². The van der Waals surface area contributed by atoms with Crippen LogP contribution in [0, 0.1) is 5.82 Å². The fourth-order valence-electron chi connectivity index (χ4n) is 2.95. The number of benzene rings is 3. The van der Waals surface area contributed by atoms with Crippen molar-refractivity contribution in [3.8, 4) is 22.4 Å². The fourth-order valence-corrected chi connectivity index (χ4v) is 3.12. The summed E-state index contributed by atoms with van der Waals surface area (Å²) in [6.45, 7) is 0. The Kier molecular flexibility index (Phi) is 5.12. The standard InChI is InChI=1S/C21H14ClFN2.ClH/c22-14-8-9-20-18(11-14)17(16-6-1-2-7-19(16)23)12-21(25-20)13-4-3-5-15(24)10-13;/h1-12H,24H2;1H/p-1. The number of hydrogen-bond donors (Lipinski definition) is 1. The van der Waals surface area contributed by atoms with Gasteiger partial charge in [-0.2, -0.15) is 0 Å². The van der Waals surface area contributed by atoms with Crippen molar-refractivity contribution in [3.05, 3.63) is 83.6 Å². The summed E-state index contributed by atoms with van der Waals surface area (Å²) in [5.74, 6) is -0.284. The second-order valence-corrected chi connectivity index (χ2v) is 6.26. The van der Waals surface area contributed by atoms with E-state index in [1.165, 1.54) is 6.07 Å². The molecule has 2 nitrogen and oxygen atoms in total. The van der Waals surface area contributed by atoms with Gasteiger partial charge in [0.05, 0.1) is 11.2 Å². The van der Waals surface area contributed by atoms with Crippen LogP contribution in [0.5, 0.6) is 0 Å². The Labute approximate surface area is 161 Å². The van der Waals surface area contributed by atoms with E-state index in [1.54, 1.807) is 18.2 Å². The van der Waals surface area contributed by atoms with Crippen LogP contribution in [0.3, 0.4) is 0 Å².